The molecule has 0 saturated carbocycles. The highest BCUT2D eigenvalue weighted by molar-refractivity contribution is 6.33. The van der Waals surface area contributed by atoms with Crippen molar-refractivity contribution in [1.29, 1.82) is 0 Å². The average Bonchev–Trinajstić information content (AvgIpc) is 2.88. The van der Waals surface area contributed by atoms with E-state index in [0.29, 0.717) is 0 Å². The standard InChI is InChI=1S/C11H6ClF2N5/c12-8-7-9(18-19-17-7)16-10(15-8)11(13,14)6-4-2-1-3-5-6/h1-5H,(H,15,16,17,18,19). The molecule has 1 N–H and O–H groups in total. The molecule has 0 saturated heterocycles. The molecule has 0 aliphatic rings. The monoisotopic (exact) mass is 281 g/mol. The maximum atomic E-state index is 14.3. The molecule has 0 atom stereocenters. The Morgan fingerprint density at radius 3 is 2.53 bits per heavy atom. The minimum absolute atomic E-state index is 0.00519. The summed E-state index contributed by atoms with van der Waals surface area (Å²) in [4.78, 5) is 7.30. The Kier molecular flexibility index (Phi) is 2.63. The lowest BCUT2D eigenvalue weighted by Crippen LogP contribution is -2.19. The topological polar surface area (TPSA) is 67.3 Å². The van der Waals surface area contributed by atoms with E-state index in [1.54, 1.807) is 6.07 Å². The van der Waals surface area contributed by atoms with Crippen molar-refractivity contribution in [3.8, 4) is 0 Å². The first kappa shape index (κ1) is 11.9. The van der Waals surface area contributed by atoms with Gasteiger partial charge in [-0.2, -0.15) is 19.1 Å². The lowest BCUT2D eigenvalue weighted by molar-refractivity contribution is 0.0332. The number of fused-ring (bicyclic) bond motifs is 1. The maximum absolute atomic E-state index is 14.3. The predicted molar refractivity (Wildman–Crippen MR) is 63.9 cm³/mol. The number of hydrogen-bond donors (Lipinski definition) is 1. The summed E-state index contributed by atoms with van der Waals surface area (Å²) in [7, 11) is 0. The van der Waals surface area contributed by atoms with Gasteiger partial charge in [-0.1, -0.05) is 41.9 Å². The number of aromatic nitrogens is 5. The highest BCUT2D eigenvalue weighted by Gasteiger charge is 2.38. The molecular formula is C11H6ClF2N5. The summed E-state index contributed by atoms with van der Waals surface area (Å²) in [5.41, 5.74) is -0.0474. The zero-order valence-electron chi connectivity index (χ0n) is 9.31. The van der Waals surface area contributed by atoms with Crippen LogP contribution in [0.25, 0.3) is 11.2 Å². The van der Waals surface area contributed by atoms with Crippen LogP contribution in [0, 0.1) is 0 Å². The first-order valence-electron chi connectivity index (χ1n) is 5.27. The van der Waals surface area contributed by atoms with Gasteiger partial charge in [0.25, 0.3) is 0 Å². The fourth-order valence-corrected chi connectivity index (χ4v) is 1.84. The van der Waals surface area contributed by atoms with Crippen LogP contribution in [0.5, 0.6) is 0 Å². The fourth-order valence-electron chi connectivity index (χ4n) is 1.63. The molecule has 0 fully saturated rings. The third kappa shape index (κ3) is 1.91. The van der Waals surface area contributed by atoms with E-state index in [9.17, 15) is 8.78 Å². The van der Waals surface area contributed by atoms with Crippen LogP contribution in [0.15, 0.2) is 30.3 Å². The van der Waals surface area contributed by atoms with Crippen molar-refractivity contribution in [2.45, 2.75) is 5.92 Å². The van der Waals surface area contributed by atoms with Gasteiger partial charge < -0.3 is 0 Å². The van der Waals surface area contributed by atoms with Crippen LogP contribution >= 0.6 is 11.6 Å². The lowest BCUT2D eigenvalue weighted by atomic mass is 10.1. The van der Waals surface area contributed by atoms with Crippen LogP contribution in [0.3, 0.4) is 0 Å². The van der Waals surface area contributed by atoms with Gasteiger partial charge >= 0.3 is 5.92 Å². The summed E-state index contributed by atoms with van der Waals surface area (Å²) < 4.78 is 28.5. The molecule has 0 aliphatic heterocycles. The molecule has 0 radical (unpaired) electrons. The Morgan fingerprint density at radius 2 is 1.79 bits per heavy atom. The minimum Gasteiger partial charge on any atom is -0.212 e. The molecule has 2 aromatic heterocycles. The maximum Gasteiger partial charge on any atom is 0.331 e. The summed E-state index contributed by atoms with van der Waals surface area (Å²) in [5.74, 6) is -4.05. The SMILES string of the molecule is FC(F)(c1ccccc1)c1nc(Cl)c2n[nH]nc2n1. The molecule has 3 aromatic rings. The molecule has 0 spiro atoms. The number of rotatable bonds is 2. The van der Waals surface area contributed by atoms with Gasteiger partial charge in [0.1, 0.15) is 0 Å². The Labute approximate surface area is 110 Å². The number of alkyl halides is 2. The molecule has 8 heteroatoms. The molecule has 5 nitrogen and oxygen atoms in total. The molecular weight excluding hydrogens is 276 g/mol. The second kappa shape index (κ2) is 4.20. The van der Waals surface area contributed by atoms with E-state index in [1.807, 2.05) is 0 Å². The van der Waals surface area contributed by atoms with Crippen LogP contribution in [0.4, 0.5) is 8.78 Å². The fraction of sp³-hybridized carbons (Fsp3) is 0.0909. The largest absolute Gasteiger partial charge is 0.331 e. The van der Waals surface area contributed by atoms with Gasteiger partial charge in [0.05, 0.1) is 0 Å². The first-order chi connectivity index (χ1) is 9.09. The molecule has 19 heavy (non-hydrogen) atoms. The molecule has 2 heterocycles. The number of aromatic amines is 1. The number of hydrogen-bond acceptors (Lipinski definition) is 4. The van der Waals surface area contributed by atoms with Crippen LogP contribution in [-0.4, -0.2) is 25.4 Å². The normalized spacial score (nSPS) is 11.9. The predicted octanol–water partition coefficient (Wildman–Crippen LogP) is 2.54. The lowest BCUT2D eigenvalue weighted by Gasteiger charge is -2.14. The van der Waals surface area contributed by atoms with Gasteiger partial charge in [-0.25, -0.2) is 9.97 Å². The molecule has 0 aliphatic carbocycles. The van der Waals surface area contributed by atoms with Gasteiger partial charge in [-0.05, 0) is 0 Å². The summed E-state index contributed by atoms with van der Waals surface area (Å²) in [6.07, 6.45) is 0. The van der Waals surface area contributed by atoms with E-state index >= 15 is 0 Å². The van der Waals surface area contributed by atoms with Crippen molar-refractivity contribution in [2.75, 3.05) is 0 Å². The Hall–Kier alpha value is -2.15. The highest BCUT2D eigenvalue weighted by atomic mass is 35.5. The van der Waals surface area contributed by atoms with Crippen LogP contribution < -0.4 is 0 Å². The molecule has 0 amide bonds. The minimum atomic E-state index is -3.35. The molecule has 3 rings (SSSR count). The second-order valence-corrected chi connectivity index (χ2v) is 4.13. The van der Waals surface area contributed by atoms with Crippen molar-refractivity contribution in [3.05, 3.63) is 46.9 Å². The van der Waals surface area contributed by atoms with E-state index < -0.39 is 11.7 Å². The number of benzene rings is 1. The molecule has 1 aromatic carbocycles. The second-order valence-electron chi connectivity index (χ2n) is 3.77. The highest BCUT2D eigenvalue weighted by Crippen LogP contribution is 2.34. The van der Waals surface area contributed by atoms with E-state index in [-0.39, 0.29) is 21.9 Å². The Bertz CT molecular complexity index is 728. The van der Waals surface area contributed by atoms with E-state index in [1.165, 1.54) is 24.3 Å². The summed E-state index contributed by atoms with van der Waals surface area (Å²) in [6.45, 7) is 0. The number of nitrogens with one attached hydrogen (secondary N) is 1. The van der Waals surface area contributed by atoms with Gasteiger partial charge in [0.15, 0.2) is 10.7 Å². The van der Waals surface area contributed by atoms with Crippen molar-refractivity contribution in [3.63, 3.8) is 0 Å². The van der Waals surface area contributed by atoms with Crippen LogP contribution in [-0.2, 0) is 5.92 Å². The number of H-pyrrole nitrogens is 1. The number of nitrogens with zero attached hydrogens (tertiary/aromatic N) is 4. The first-order valence-corrected chi connectivity index (χ1v) is 5.64. The van der Waals surface area contributed by atoms with Gasteiger partial charge in [0.2, 0.25) is 11.5 Å². The van der Waals surface area contributed by atoms with Crippen LogP contribution in [0.2, 0.25) is 5.15 Å². The molecule has 0 bridgehead atoms. The van der Waals surface area contributed by atoms with E-state index in [4.69, 9.17) is 11.6 Å². The zero-order chi connectivity index (χ0) is 13.5. The van der Waals surface area contributed by atoms with Gasteiger partial charge in [-0.3, -0.25) is 0 Å². The summed E-state index contributed by atoms with van der Waals surface area (Å²) >= 11 is 5.79. The zero-order valence-corrected chi connectivity index (χ0v) is 10.1. The van der Waals surface area contributed by atoms with Crippen molar-refractivity contribution >= 4 is 22.8 Å². The average molecular weight is 282 g/mol. The molecule has 0 unspecified atom stereocenters. The molecule has 96 valence electrons. The van der Waals surface area contributed by atoms with Crippen molar-refractivity contribution in [2.24, 2.45) is 0 Å². The van der Waals surface area contributed by atoms with Crippen molar-refractivity contribution in [1.82, 2.24) is 25.4 Å². The third-order valence-corrected chi connectivity index (χ3v) is 2.82. The van der Waals surface area contributed by atoms with Crippen LogP contribution in [0.1, 0.15) is 11.4 Å². The third-order valence-electron chi connectivity index (χ3n) is 2.56. The van der Waals surface area contributed by atoms with E-state index in [2.05, 4.69) is 25.4 Å². The van der Waals surface area contributed by atoms with Crippen molar-refractivity contribution < 1.29 is 8.78 Å². The van der Waals surface area contributed by atoms with Gasteiger partial charge in [0, 0.05) is 5.56 Å². The smallest absolute Gasteiger partial charge is 0.212 e. The quantitative estimate of drug-likeness (QED) is 0.733. The Balaban J connectivity index is 2.18. The van der Waals surface area contributed by atoms with E-state index in [0.717, 1.165) is 0 Å². The summed E-state index contributed by atoms with van der Waals surface area (Å²) in [5, 5.41) is 9.42. The van der Waals surface area contributed by atoms with Gasteiger partial charge in [-0.15, -0.1) is 5.10 Å². The summed E-state index contributed by atoms with van der Waals surface area (Å²) in [6, 6.07) is 7.27. The Morgan fingerprint density at radius 1 is 1.05 bits per heavy atom. The number of halogens is 3.